The third kappa shape index (κ3) is 4.60. The summed E-state index contributed by atoms with van der Waals surface area (Å²) in [5.41, 5.74) is 0.684. The predicted molar refractivity (Wildman–Crippen MR) is 102 cm³/mol. The maximum atomic E-state index is 12.3. The molecule has 0 bridgehead atoms. The second kappa shape index (κ2) is 8.99. The number of carbonyl (C=O) groups is 1. The lowest BCUT2D eigenvalue weighted by Gasteiger charge is -2.11. The number of rotatable bonds is 6. The van der Waals surface area contributed by atoms with E-state index < -0.39 is 5.91 Å². The third-order valence-corrected chi connectivity index (χ3v) is 4.16. The number of ether oxygens (including phenoxy) is 2. The van der Waals surface area contributed by atoms with Crippen molar-refractivity contribution in [3.05, 3.63) is 58.2 Å². The van der Waals surface area contributed by atoms with Crippen molar-refractivity contribution in [2.75, 3.05) is 24.9 Å². The topological polar surface area (TPSA) is 83.4 Å². The van der Waals surface area contributed by atoms with Crippen molar-refractivity contribution < 1.29 is 14.3 Å². The summed E-state index contributed by atoms with van der Waals surface area (Å²) in [6.07, 6.45) is 1.27. The highest BCUT2D eigenvalue weighted by Gasteiger charge is 2.13. The number of benzene rings is 2. The van der Waals surface area contributed by atoms with Crippen LogP contribution in [-0.4, -0.2) is 20.1 Å². The highest BCUT2D eigenvalue weighted by Crippen LogP contribution is 2.30. The van der Waals surface area contributed by atoms with Crippen molar-refractivity contribution in [2.24, 2.45) is 0 Å². The van der Waals surface area contributed by atoms with Crippen LogP contribution in [0, 0.1) is 11.3 Å². The quantitative estimate of drug-likeness (QED) is 0.560. The van der Waals surface area contributed by atoms with Gasteiger partial charge < -0.3 is 20.1 Å². The molecule has 6 nitrogen and oxygen atoms in total. The Balaban J connectivity index is 2.21. The number of hydrogen-bond acceptors (Lipinski definition) is 5. The van der Waals surface area contributed by atoms with E-state index in [0.29, 0.717) is 27.9 Å². The van der Waals surface area contributed by atoms with Gasteiger partial charge in [0.05, 0.1) is 35.6 Å². The molecule has 2 aromatic rings. The van der Waals surface area contributed by atoms with Gasteiger partial charge in [-0.2, -0.15) is 5.26 Å². The fraction of sp³-hybridized carbons (Fsp3) is 0.111. The average molecular weight is 392 g/mol. The molecule has 0 saturated heterocycles. The molecule has 0 radical (unpaired) electrons. The minimum atomic E-state index is -0.633. The molecule has 2 rings (SSSR count). The van der Waals surface area contributed by atoms with Crippen molar-refractivity contribution in [1.29, 1.82) is 5.26 Å². The van der Waals surface area contributed by atoms with E-state index in [1.807, 2.05) is 6.07 Å². The highest BCUT2D eigenvalue weighted by molar-refractivity contribution is 6.44. The van der Waals surface area contributed by atoms with Gasteiger partial charge >= 0.3 is 0 Å². The summed E-state index contributed by atoms with van der Waals surface area (Å²) in [5, 5.41) is 15.2. The van der Waals surface area contributed by atoms with Crippen molar-refractivity contribution in [3.8, 4) is 17.6 Å². The summed E-state index contributed by atoms with van der Waals surface area (Å²) in [4.78, 5) is 12.3. The Kier molecular flexibility index (Phi) is 6.73. The second-order valence-electron chi connectivity index (χ2n) is 4.94. The van der Waals surface area contributed by atoms with E-state index in [4.69, 9.17) is 32.7 Å². The summed E-state index contributed by atoms with van der Waals surface area (Å²) in [6, 6.07) is 11.8. The molecule has 1 amide bonds. The molecule has 2 aromatic carbocycles. The van der Waals surface area contributed by atoms with E-state index in [1.165, 1.54) is 20.4 Å². The number of hydrogen-bond donors (Lipinski definition) is 2. The number of amides is 1. The van der Waals surface area contributed by atoms with Gasteiger partial charge in [0.1, 0.15) is 23.1 Å². The smallest absolute Gasteiger partial charge is 0.267 e. The van der Waals surface area contributed by atoms with Crippen molar-refractivity contribution in [2.45, 2.75) is 0 Å². The normalized spacial score (nSPS) is 10.7. The largest absolute Gasteiger partial charge is 0.497 e. The first kappa shape index (κ1) is 19.4. The standard InChI is InChI=1S/C18H15Cl2N3O3/c1-25-12-6-7-16(26-2)15(8-12)22-10-11(9-21)18(24)23-14-5-3-4-13(19)17(14)20/h3-8,10,22H,1-2H3,(H,23,24)/b11-10-. The Morgan fingerprint density at radius 2 is 1.92 bits per heavy atom. The summed E-state index contributed by atoms with van der Waals surface area (Å²) < 4.78 is 10.4. The van der Waals surface area contributed by atoms with Crippen LogP contribution >= 0.6 is 23.2 Å². The minimum absolute atomic E-state index is 0.161. The fourth-order valence-electron chi connectivity index (χ4n) is 2.02. The van der Waals surface area contributed by atoms with Crippen molar-refractivity contribution >= 4 is 40.5 Å². The van der Waals surface area contributed by atoms with E-state index in [9.17, 15) is 10.1 Å². The molecule has 2 N–H and O–H groups in total. The lowest BCUT2D eigenvalue weighted by atomic mass is 10.2. The molecule has 0 aliphatic rings. The van der Waals surface area contributed by atoms with Gasteiger partial charge in [-0.15, -0.1) is 0 Å². The van der Waals surface area contributed by atoms with E-state index in [0.717, 1.165) is 0 Å². The number of nitrogens with one attached hydrogen (secondary N) is 2. The molecule has 0 unspecified atom stereocenters. The van der Waals surface area contributed by atoms with Gasteiger partial charge in [0.15, 0.2) is 0 Å². The molecule has 0 aromatic heterocycles. The number of halogens is 2. The first-order valence-electron chi connectivity index (χ1n) is 7.34. The Morgan fingerprint density at radius 1 is 1.15 bits per heavy atom. The zero-order chi connectivity index (χ0) is 19.1. The van der Waals surface area contributed by atoms with E-state index in [-0.39, 0.29) is 10.6 Å². The number of anilines is 2. The Labute approximate surface area is 160 Å². The van der Waals surface area contributed by atoms with E-state index in [1.54, 1.807) is 36.4 Å². The maximum absolute atomic E-state index is 12.3. The SMILES string of the molecule is COc1ccc(OC)c(N/C=C(/C#N)C(=O)Nc2cccc(Cl)c2Cl)c1. The zero-order valence-corrected chi connectivity index (χ0v) is 15.5. The molecule has 0 atom stereocenters. The Hall–Kier alpha value is -2.88. The van der Waals surface area contributed by atoms with E-state index in [2.05, 4.69) is 10.6 Å². The van der Waals surface area contributed by atoms with Crippen LogP contribution in [0.2, 0.25) is 10.0 Å². The van der Waals surface area contributed by atoms with Crippen LogP contribution in [0.25, 0.3) is 0 Å². The molecule has 0 aliphatic carbocycles. The van der Waals surface area contributed by atoms with Gasteiger partial charge in [-0.1, -0.05) is 29.3 Å². The fourth-order valence-corrected chi connectivity index (χ4v) is 2.36. The van der Waals surface area contributed by atoms with Gasteiger partial charge in [-0.3, -0.25) is 4.79 Å². The van der Waals surface area contributed by atoms with Gasteiger partial charge in [0.2, 0.25) is 0 Å². The van der Waals surface area contributed by atoms with Crippen molar-refractivity contribution in [3.63, 3.8) is 0 Å². The zero-order valence-electron chi connectivity index (χ0n) is 14.0. The lowest BCUT2D eigenvalue weighted by Crippen LogP contribution is -2.15. The summed E-state index contributed by atoms with van der Waals surface area (Å²) in [7, 11) is 3.04. The molecular formula is C18H15Cl2N3O3. The van der Waals surface area contributed by atoms with Crippen LogP contribution in [0.5, 0.6) is 11.5 Å². The molecule has 0 aliphatic heterocycles. The van der Waals surface area contributed by atoms with Gasteiger partial charge in [-0.25, -0.2) is 0 Å². The molecule has 0 saturated carbocycles. The van der Waals surface area contributed by atoms with Gasteiger partial charge in [0, 0.05) is 12.3 Å². The second-order valence-corrected chi connectivity index (χ2v) is 5.72. The third-order valence-electron chi connectivity index (χ3n) is 3.34. The van der Waals surface area contributed by atoms with E-state index >= 15 is 0 Å². The Morgan fingerprint density at radius 3 is 2.58 bits per heavy atom. The van der Waals surface area contributed by atoms with Gasteiger partial charge in [-0.05, 0) is 24.3 Å². The summed E-state index contributed by atoms with van der Waals surface area (Å²) in [6.45, 7) is 0. The summed E-state index contributed by atoms with van der Waals surface area (Å²) >= 11 is 11.9. The molecule has 0 spiro atoms. The average Bonchev–Trinajstić information content (AvgIpc) is 2.65. The monoisotopic (exact) mass is 391 g/mol. The Bertz CT molecular complexity index is 892. The number of nitriles is 1. The van der Waals surface area contributed by atoms with Crippen LogP contribution in [0.3, 0.4) is 0 Å². The van der Waals surface area contributed by atoms with Crippen LogP contribution in [-0.2, 0) is 4.79 Å². The first-order chi connectivity index (χ1) is 12.5. The van der Waals surface area contributed by atoms with Crippen LogP contribution in [0.15, 0.2) is 48.2 Å². The number of methoxy groups -OCH3 is 2. The molecule has 0 heterocycles. The maximum Gasteiger partial charge on any atom is 0.267 e. The number of nitrogens with zero attached hydrogens (tertiary/aromatic N) is 1. The molecule has 8 heteroatoms. The van der Waals surface area contributed by atoms with Crippen LogP contribution in [0.1, 0.15) is 0 Å². The molecule has 134 valence electrons. The van der Waals surface area contributed by atoms with Gasteiger partial charge in [0.25, 0.3) is 5.91 Å². The predicted octanol–water partition coefficient (Wildman–Crippen LogP) is 4.47. The molecular weight excluding hydrogens is 377 g/mol. The minimum Gasteiger partial charge on any atom is -0.497 e. The molecule has 0 fully saturated rings. The molecule has 26 heavy (non-hydrogen) atoms. The van der Waals surface area contributed by atoms with Crippen LogP contribution < -0.4 is 20.1 Å². The number of carbonyl (C=O) groups excluding carboxylic acids is 1. The first-order valence-corrected chi connectivity index (χ1v) is 8.10. The van der Waals surface area contributed by atoms with Crippen molar-refractivity contribution in [1.82, 2.24) is 0 Å². The van der Waals surface area contributed by atoms with Crippen LogP contribution in [0.4, 0.5) is 11.4 Å². The lowest BCUT2D eigenvalue weighted by molar-refractivity contribution is -0.112. The summed E-state index contributed by atoms with van der Waals surface area (Å²) in [5.74, 6) is 0.485. The highest BCUT2D eigenvalue weighted by atomic mass is 35.5.